The molecule has 3 rings (SSSR count). The Labute approximate surface area is 167 Å². The maximum Gasteiger partial charge on any atom is 0.313 e. The quantitative estimate of drug-likeness (QED) is 0.758. The molecule has 0 unspecified atom stereocenters. The van der Waals surface area contributed by atoms with E-state index in [1.807, 2.05) is 43.3 Å². The number of carbonyl (C=O) groups excluding carboxylic acids is 2. The van der Waals surface area contributed by atoms with E-state index in [-0.39, 0.29) is 0 Å². The Hall–Kier alpha value is -2.54. The molecular weight excluding hydrogens is 410 g/mol. The molecule has 0 spiro atoms. The van der Waals surface area contributed by atoms with Crippen molar-refractivity contribution in [3.63, 3.8) is 0 Å². The van der Waals surface area contributed by atoms with Crippen molar-refractivity contribution in [2.75, 3.05) is 43.5 Å². The van der Waals surface area contributed by atoms with Crippen LogP contribution in [0.2, 0.25) is 0 Å². The zero-order chi connectivity index (χ0) is 19.4. The van der Waals surface area contributed by atoms with E-state index < -0.39 is 11.8 Å². The van der Waals surface area contributed by atoms with Gasteiger partial charge in [-0.05, 0) is 52.7 Å². The van der Waals surface area contributed by atoms with Gasteiger partial charge in [0.15, 0.2) is 0 Å². The van der Waals surface area contributed by atoms with Crippen LogP contribution in [0.25, 0.3) is 0 Å². The van der Waals surface area contributed by atoms with Crippen molar-refractivity contribution in [1.82, 2.24) is 4.90 Å². The highest BCUT2D eigenvalue weighted by atomic mass is 79.9. The Balaban J connectivity index is 1.60. The lowest BCUT2D eigenvalue weighted by atomic mass is 10.2. The van der Waals surface area contributed by atoms with Gasteiger partial charge in [0.1, 0.15) is 5.75 Å². The van der Waals surface area contributed by atoms with E-state index in [0.29, 0.717) is 31.9 Å². The van der Waals surface area contributed by atoms with E-state index in [1.54, 1.807) is 18.1 Å². The lowest BCUT2D eigenvalue weighted by Gasteiger charge is -2.36. The number of aryl methyl sites for hydroxylation is 1. The molecule has 0 atom stereocenters. The van der Waals surface area contributed by atoms with Crippen LogP contribution >= 0.6 is 15.9 Å². The number of nitrogens with one attached hydrogen (secondary N) is 1. The van der Waals surface area contributed by atoms with Gasteiger partial charge in [-0.2, -0.15) is 0 Å². The third kappa shape index (κ3) is 4.42. The average molecular weight is 432 g/mol. The number of anilines is 2. The van der Waals surface area contributed by atoms with Crippen LogP contribution in [0.15, 0.2) is 46.9 Å². The normalized spacial score (nSPS) is 14.0. The molecule has 1 fully saturated rings. The number of ether oxygens (including phenoxy) is 1. The molecule has 0 saturated carbocycles. The van der Waals surface area contributed by atoms with Gasteiger partial charge in [-0.15, -0.1) is 0 Å². The van der Waals surface area contributed by atoms with Gasteiger partial charge >= 0.3 is 11.8 Å². The summed E-state index contributed by atoms with van der Waals surface area (Å²) in [7, 11) is 1.64. The van der Waals surface area contributed by atoms with Crippen LogP contribution in [-0.2, 0) is 9.59 Å². The maximum absolute atomic E-state index is 12.5. The topological polar surface area (TPSA) is 61.9 Å². The molecule has 1 heterocycles. The lowest BCUT2D eigenvalue weighted by molar-refractivity contribution is -0.143. The van der Waals surface area contributed by atoms with Crippen molar-refractivity contribution in [1.29, 1.82) is 0 Å². The van der Waals surface area contributed by atoms with E-state index in [9.17, 15) is 9.59 Å². The molecule has 2 aromatic rings. The van der Waals surface area contributed by atoms with Gasteiger partial charge in [0.25, 0.3) is 0 Å². The molecule has 0 aromatic heterocycles. The highest BCUT2D eigenvalue weighted by molar-refractivity contribution is 9.10. The fraction of sp³-hybridized carbons (Fsp3) is 0.300. The molecule has 1 N–H and O–H groups in total. The molecule has 1 saturated heterocycles. The first kappa shape index (κ1) is 19.2. The predicted octanol–water partition coefficient (Wildman–Crippen LogP) is 3.05. The number of benzene rings is 2. The fourth-order valence-corrected chi connectivity index (χ4v) is 3.67. The van der Waals surface area contributed by atoms with Crippen LogP contribution in [-0.4, -0.2) is 50.0 Å². The maximum atomic E-state index is 12.5. The van der Waals surface area contributed by atoms with Gasteiger partial charge in [0.2, 0.25) is 0 Å². The molecule has 2 amide bonds. The van der Waals surface area contributed by atoms with Gasteiger partial charge in [0.05, 0.1) is 18.5 Å². The van der Waals surface area contributed by atoms with E-state index in [4.69, 9.17) is 4.74 Å². The average Bonchev–Trinajstić information content (AvgIpc) is 2.69. The van der Waals surface area contributed by atoms with Gasteiger partial charge in [-0.3, -0.25) is 9.59 Å². The number of halogens is 1. The number of nitrogens with zero attached hydrogens (tertiary/aromatic N) is 2. The second kappa shape index (κ2) is 8.43. The van der Waals surface area contributed by atoms with Crippen molar-refractivity contribution >= 4 is 39.1 Å². The van der Waals surface area contributed by atoms with E-state index in [1.165, 1.54) is 0 Å². The van der Waals surface area contributed by atoms with Gasteiger partial charge < -0.3 is 19.9 Å². The minimum atomic E-state index is -0.620. The van der Waals surface area contributed by atoms with E-state index in [0.717, 1.165) is 21.5 Å². The monoisotopic (exact) mass is 431 g/mol. The molecule has 142 valence electrons. The summed E-state index contributed by atoms with van der Waals surface area (Å²) in [5, 5.41) is 2.69. The molecule has 2 aromatic carbocycles. The summed E-state index contributed by atoms with van der Waals surface area (Å²) >= 11 is 3.41. The molecule has 0 bridgehead atoms. The number of para-hydroxylation sites is 2. The minimum absolute atomic E-state index is 0.485. The van der Waals surface area contributed by atoms with Crippen LogP contribution in [0.5, 0.6) is 5.75 Å². The molecular formula is C20H22BrN3O3. The van der Waals surface area contributed by atoms with E-state index >= 15 is 0 Å². The third-order valence-corrected chi connectivity index (χ3v) is 5.22. The molecule has 1 aliphatic rings. The largest absolute Gasteiger partial charge is 0.495 e. The van der Waals surface area contributed by atoms with Gasteiger partial charge in [0, 0.05) is 30.7 Å². The number of hydrogen-bond acceptors (Lipinski definition) is 4. The Bertz CT molecular complexity index is 848. The highest BCUT2D eigenvalue weighted by Crippen LogP contribution is 2.28. The van der Waals surface area contributed by atoms with Crippen LogP contribution in [0.3, 0.4) is 0 Å². The molecule has 7 heteroatoms. The zero-order valence-corrected chi connectivity index (χ0v) is 17.0. The lowest BCUT2D eigenvalue weighted by Crippen LogP contribution is -2.51. The molecule has 0 aliphatic carbocycles. The SMILES string of the molecule is COc1ccccc1N1CCN(C(=O)C(=O)Nc2ccc(C)cc2Br)CC1. The van der Waals surface area contributed by atoms with Crippen molar-refractivity contribution in [3.8, 4) is 5.75 Å². The Morgan fingerprint density at radius 3 is 2.44 bits per heavy atom. The van der Waals surface area contributed by atoms with Crippen LogP contribution in [0.4, 0.5) is 11.4 Å². The standard InChI is InChI=1S/C20H22BrN3O3/c1-14-7-8-16(15(21)13-14)22-19(25)20(26)24-11-9-23(10-12-24)17-5-3-4-6-18(17)27-2/h3-8,13H,9-12H2,1-2H3,(H,22,25). The van der Waals surface area contributed by atoms with Crippen molar-refractivity contribution in [2.24, 2.45) is 0 Å². The van der Waals surface area contributed by atoms with Crippen LogP contribution in [0, 0.1) is 6.92 Å². The van der Waals surface area contributed by atoms with E-state index in [2.05, 4.69) is 26.1 Å². The summed E-state index contributed by atoms with van der Waals surface area (Å²) < 4.78 is 6.16. The summed E-state index contributed by atoms with van der Waals surface area (Å²) in [6, 6.07) is 13.4. The predicted molar refractivity (Wildman–Crippen MR) is 109 cm³/mol. The van der Waals surface area contributed by atoms with Gasteiger partial charge in [-0.1, -0.05) is 18.2 Å². The summed E-state index contributed by atoms with van der Waals surface area (Å²) in [5.41, 5.74) is 2.66. The number of carbonyl (C=O) groups is 2. The Morgan fingerprint density at radius 2 is 1.78 bits per heavy atom. The second-order valence-corrected chi connectivity index (χ2v) is 7.24. The number of hydrogen-bond donors (Lipinski definition) is 1. The first-order chi connectivity index (χ1) is 13.0. The summed E-state index contributed by atoms with van der Waals surface area (Å²) in [6.45, 7) is 4.22. The number of methoxy groups -OCH3 is 1. The minimum Gasteiger partial charge on any atom is -0.495 e. The Morgan fingerprint density at radius 1 is 1.07 bits per heavy atom. The van der Waals surface area contributed by atoms with Crippen molar-refractivity contribution in [3.05, 3.63) is 52.5 Å². The second-order valence-electron chi connectivity index (χ2n) is 6.39. The van der Waals surface area contributed by atoms with Crippen LogP contribution < -0.4 is 15.0 Å². The fourth-order valence-electron chi connectivity index (χ4n) is 3.08. The molecule has 0 radical (unpaired) electrons. The molecule has 27 heavy (non-hydrogen) atoms. The van der Waals surface area contributed by atoms with Crippen LogP contribution in [0.1, 0.15) is 5.56 Å². The smallest absolute Gasteiger partial charge is 0.313 e. The zero-order valence-electron chi connectivity index (χ0n) is 15.4. The molecule has 1 aliphatic heterocycles. The highest BCUT2D eigenvalue weighted by Gasteiger charge is 2.27. The van der Waals surface area contributed by atoms with Crippen molar-refractivity contribution < 1.29 is 14.3 Å². The summed E-state index contributed by atoms with van der Waals surface area (Å²) in [6.07, 6.45) is 0. The Kier molecular flexibility index (Phi) is 6.01. The summed E-state index contributed by atoms with van der Waals surface area (Å²) in [4.78, 5) is 28.6. The van der Waals surface area contributed by atoms with Gasteiger partial charge in [-0.25, -0.2) is 0 Å². The first-order valence-electron chi connectivity index (χ1n) is 8.74. The van der Waals surface area contributed by atoms with Crippen molar-refractivity contribution in [2.45, 2.75) is 6.92 Å². The summed E-state index contributed by atoms with van der Waals surface area (Å²) in [5.74, 6) is -0.327. The number of rotatable bonds is 3. The third-order valence-electron chi connectivity index (χ3n) is 4.56. The number of piperazine rings is 1. The molecule has 6 nitrogen and oxygen atoms in total. The number of amides is 2. The first-order valence-corrected chi connectivity index (χ1v) is 9.53.